The van der Waals surface area contributed by atoms with Crippen LogP contribution in [0.1, 0.15) is 0 Å². The van der Waals surface area contributed by atoms with E-state index >= 15 is 0 Å². The molecule has 0 aliphatic heterocycles. The van der Waals surface area contributed by atoms with Crippen LogP contribution < -0.4 is 0 Å². The molecular formula is C3H15P2Rh-3. The third-order valence-electron chi connectivity index (χ3n) is 0. The molecule has 0 heterocycles. The number of hydrogen-bond acceptors (Lipinski definition) is 0. The van der Waals surface area contributed by atoms with Crippen LogP contribution in [0.4, 0.5) is 0 Å². The largest absolute Gasteiger partial charge is 0.358 e. The van der Waals surface area contributed by atoms with Gasteiger partial charge in [0.1, 0.15) is 0 Å². The molecule has 0 amide bonds. The van der Waals surface area contributed by atoms with Crippen molar-refractivity contribution >= 4 is 19.8 Å². The van der Waals surface area contributed by atoms with E-state index < -0.39 is 0 Å². The Bertz CT molecular complexity index is 8.75. The molecule has 6 heavy (non-hydrogen) atoms. The molecule has 0 saturated heterocycles. The van der Waals surface area contributed by atoms with E-state index in [9.17, 15) is 0 Å². The molecule has 0 rings (SSSR count). The van der Waals surface area contributed by atoms with Crippen molar-refractivity contribution in [3.63, 3.8) is 0 Å². The van der Waals surface area contributed by atoms with E-state index in [1.807, 2.05) is 0 Å². The Kier molecular flexibility index (Phi) is 2110. The van der Waals surface area contributed by atoms with Crippen molar-refractivity contribution in [2.75, 3.05) is 0 Å². The van der Waals surface area contributed by atoms with Gasteiger partial charge in [0.05, 0.1) is 0 Å². The van der Waals surface area contributed by atoms with Crippen LogP contribution in [0.15, 0.2) is 0 Å². The monoisotopic (exact) mass is 216 g/mol. The first-order valence-corrected chi connectivity index (χ1v) is 0. The molecule has 2 atom stereocenters. The minimum atomic E-state index is 0. The molecule has 3 heteroatoms. The minimum absolute atomic E-state index is 0. The fourth-order valence-corrected chi connectivity index (χ4v) is 0. The van der Waals surface area contributed by atoms with E-state index in [-0.39, 0.29) is 61.6 Å². The van der Waals surface area contributed by atoms with Gasteiger partial charge in [-0.2, -0.15) is 19.8 Å². The standard InChI is InChI=1S/3CH3.2H3P.Rh/h5*1H3;/q3*-1;;;. The summed E-state index contributed by atoms with van der Waals surface area (Å²) in [5.74, 6) is 0. The third-order valence-corrected chi connectivity index (χ3v) is 0. The minimum Gasteiger partial charge on any atom is -0.358 e. The summed E-state index contributed by atoms with van der Waals surface area (Å²) in [4.78, 5) is 0. The van der Waals surface area contributed by atoms with E-state index in [4.69, 9.17) is 0 Å². The zero-order valence-corrected chi connectivity index (χ0v) is 9.21. The predicted molar refractivity (Wildman–Crippen MR) is 41.5 cm³/mol. The van der Waals surface area contributed by atoms with Gasteiger partial charge in [0.25, 0.3) is 0 Å². The quantitative estimate of drug-likeness (QED) is 0.326. The van der Waals surface area contributed by atoms with Crippen LogP contribution >= 0.6 is 19.8 Å². The van der Waals surface area contributed by atoms with Crippen molar-refractivity contribution in [2.24, 2.45) is 0 Å². The molecule has 1 radical (unpaired) electrons. The van der Waals surface area contributed by atoms with Crippen molar-refractivity contribution in [3.8, 4) is 0 Å². The van der Waals surface area contributed by atoms with E-state index in [1.54, 1.807) is 0 Å². The maximum Gasteiger partial charge on any atom is 0 e. The van der Waals surface area contributed by atoms with Gasteiger partial charge in [-0.3, -0.25) is 0 Å². The summed E-state index contributed by atoms with van der Waals surface area (Å²) in [6.45, 7) is 0. The normalized spacial score (nSPS) is 0. The molecule has 2 unspecified atom stereocenters. The maximum atomic E-state index is 0. The Morgan fingerprint density at radius 1 is 0.500 bits per heavy atom. The fourth-order valence-electron chi connectivity index (χ4n) is 0. The smallest absolute Gasteiger partial charge is 0 e. The second-order valence-corrected chi connectivity index (χ2v) is 0. The predicted octanol–water partition coefficient (Wildman–Crippen LogP) is 1.46. The van der Waals surface area contributed by atoms with Crippen LogP contribution in [0.2, 0.25) is 0 Å². The van der Waals surface area contributed by atoms with Crippen molar-refractivity contribution in [1.82, 2.24) is 0 Å². The molecule has 49 valence electrons. The molecule has 0 saturated carbocycles. The Morgan fingerprint density at radius 3 is 0.500 bits per heavy atom. The van der Waals surface area contributed by atoms with Crippen LogP contribution in [-0.2, 0) is 19.5 Å². The van der Waals surface area contributed by atoms with Gasteiger partial charge < -0.3 is 22.3 Å². The molecule has 0 fully saturated rings. The summed E-state index contributed by atoms with van der Waals surface area (Å²) < 4.78 is 0. The van der Waals surface area contributed by atoms with Gasteiger partial charge in [0.2, 0.25) is 0 Å². The van der Waals surface area contributed by atoms with Gasteiger partial charge in [0, 0.05) is 19.5 Å². The molecule has 0 aliphatic rings. The summed E-state index contributed by atoms with van der Waals surface area (Å²) in [5, 5.41) is 0. The van der Waals surface area contributed by atoms with Gasteiger partial charge in [-0.25, -0.2) is 0 Å². The van der Waals surface area contributed by atoms with Crippen LogP contribution in [0.25, 0.3) is 0 Å². The second-order valence-electron chi connectivity index (χ2n) is 0. The maximum absolute atomic E-state index is 0. The van der Waals surface area contributed by atoms with Gasteiger partial charge >= 0.3 is 0 Å². The zero-order chi connectivity index (χ0) is 0. The Hall–Kier alpha value is 1.48. The fraction of sp³-hybridized carbons (Fsp3) is 0. The summed E-state index contributed by atoms with van der Waals surface area (Å²) in [6, 6.07) is 0. The Balaban J connectivity index is 0. The van der Waals surface area contributed by atoms with E-state index in [1.165, 1.54) is 0 Å². The number of hydrogen-bond donors (Lipinski definition) is 0. The molecule has 0 aromatic heterocycles. The van der Waals surface area contributed by atoms with Crippen molar-refractivity contribution in [1.29, 1.82) is 0 Å². The molecular weight excluding hydrogens is 201 g/mol. The van der Waals surface area contributed by atoms with Crippen LogP contribution in [0.5, 0.6) is 0 Å². The first kappa shape index (κ1) is 143. The van der Waals surface area contributed by atoms with Crippen LogP contribution in [0, 0.1) is 22.3 Å². The molecule has 0 N–H and O–H groups in total. The van der Waals surface area contributed by atoms with Crippen LogP contribution in [-0.4, -0.2) is 0 Å². The topological polar surface area (TPSA) is 0 Å². The average molecular weight is 216 g/mol. The van der Waals surface area contributed by atoms with E-state index in [0.29, 0.717) is 0 Å². The summed E-state index contributed by atoms with van der Waals surface area (Å²) >= 11 is 0. The molecule has 0 spiro atoms. The summed E-state index contributed by atoms with van der Waals surface area (Å²) in [6.07, 6.45) is 0. The van der Waals surface area contributed by atoms with Gasteiger partial charge in [0.15, 0.2) is 0 Å². The molecule has 0 aromatic rings. The first-order valence-electron chi connectivity index (χ1n) is 0. The second kappa shape index (κ2) is 88.6. The van der Waals surface area contributed by atoms with Crippen LogP contribution in [0.3, 0.4) is 0 Å². The molecule has 0 aliphatic carbocycles. The number of rotatable bonds is 0. The van der Waals surface area contributed by atoms with Gasteiger partial charge in [-0.1, -0.05) is 0 Å². The van der Waals surface area contributed by atoms with Gasteiger partial charge in [-0.05, 0) is 0 Å². The molecule has 0 aromatic carbocycles. The third kappa shape index (κ3) is 50.1. The van der Waals surface area contributed by atoms with Gasteiger partial charge in [-0.15, -0.1) is 0 Å². The zero-order valence-electron chi connectivity index (χ0n) is 4.75. The van der Waals surface area contributed by atoms with E-state index in [2.05, 4.69) is 0 Å². The molecule has 0 bridgehead atoms. The Labute approximate surface area is 61.9 Å². The summed E-state index contributed by atoms with van der Waals surface area (Å²) in [5.41, 5.74) is 0. The van der Waals surface area contributed by atoms with Crippen molar-refractivity contribution in [3.05, 3.63) is 22.3 Å². The average Bonchev–Trinajstić information content (AvgIpc) is 0. The SMILES string of the molecule is P.P.[CH3-].[CH3-].[CH3-].[Rh]. The molecule has 0 nitrogen and oxygen atoms in total. The summed E-state index contributed by atoms with van der Waals surface area (Å²) in [7, 11) is 0. The van der Waals surface area contributed by atoms with Crippen molar-refractivity contribution < 1.29 is 19.5 Å². The first-order chi connectivity index (χ1) is 0. The van der Waals surface area contributed by atoms with Crippen molar-refractivity contribution in [2.45, 2.75) is 0 Å². The van der Waals surface area contributed by atoms with E-state index in [0.717, 1.165) is 0 Å². The Morgan fingerprint density at radius 2 is 0.500 bits per heavy atom.